The molecule has 0 aromatic heterocycles. The Labute approximate surface area is 208 Å². The SMILES string of the molecule is COc1ccc(OCCN2CCN(S(=O)(=O)c3ccc4c(c3)OCCO4)CC2)cc1.O=C(O)C(=O)O. The van der Waals surface area contributed by atoms with Crippen LogP contribution in [0.15, 0.2) is 47.4 Å². The molecule has 0 bridgehead atoms. The number of fused-ring (bicyclic) bond motifs is 1. The lowest BCUT2D eigenvalue weighted by Gasteiger charge is -2.34. The smallest absolute Gasteiger partial charge is 0.414 e. The van der Waals surface area contributed by atoms with Gasteiger partial charge in [-0.1, -0.05) is 0 Å². The van der Waals surface area contributed by atoms with Crippen LogP contribution in [0.5, 0.6) is 23.0 Å². The van der Waals surface area contributed by atoms with Crippen molar-refractivity contribution in [3.05, 3.63) is 42.5 Å². The maximum atomic E-state index is 13.0. The molecule has 13 heteroatoms. The standard InChI is InChI=1S/C21H26N2O6S.C2H2O4/c1-26-17-2-4-18(5-3-17)27-13-12-22-8-10-23(11-9-22)30(24,25)19-6-7-20-21(16-19)29-15-14-28-20;3-1(4)2(5)6/h2-7,16H,8-15H2,1H3;(H,3,4)(H,5,6). The van der Waals surface area contributed by atoms with Crippen LogP contribution in [0, 0.1) is 0 Å². The zero-order valence-corrected chi connectivity index (χ0v) is 20.5. The molecule has 0 aliphatic carbocycles. The van der Waals surface area contributed by atoms with E-state index >= 15 is 0 Å². The third kappa shape index (κ3) is 7.23. The lowest BCUT2D eigenvalue weighted by molar-refractivity contribution is -0.159. The number of nitrogens with zero attached hydrogens (tertiary/aromatic N) is 2. The van der Waals surface area contributed by atoms with E-state index in [9.17, 15) is 8.42 Å². The zero-order valence-electron chi connectivity index (χ0n) is 19.7. The van der Waals surface area contributed by atoms with Gasteiger partial charge in [0.15, 0.2) is 11.5 Å². The number of ether oxygens (including phenoxy) is 4. The maximum absolute atomic E-state index is 13.0. The van der Waals surface area contributed by atoms with Gasteiger partial charge in [0.1, 0.15) is 31.3 Å². The van der Waals surface area contributed by atoms with Gasteiger partial charge in [-0.2, -0.15) is 4.31 Å². The molecule has 36 heavy (non-hydrogen) atoms. The summed E-state index contributed by atoms with van der Waals surface area (Å²) in [5, 5.41) is 14.8. The Morgan fingerprint density at radius 3 is 2.06 bits per heavy atom. The number of carboxylic acid groups (broad SMARTS) is 2. The first-order valence-corrected chi connectivity index (χ1v) is 12.5. The highest BCUT2D eigenvalue weighted by Gasteiger charge is 2.29. The van der Waals surface area contributed by atoms with E-state index in [1.165, 1.54) is 4.31 Å². The molecule has 2 N–H and O–H groups in total. The summed E-state index contributed by atoms with van der Waals surface area (Å²) in [4.78, 5) is 20.6. The molecule has 2 aliphatic heterocycles. The Kier molecular flexibility index (Phi) is 9.33. The van der Waals surface area contributed by atoms with Crippen molar-refractivity contribution < 1.29 is 47.2 Å². The second kappa shape index (κ2) is 12.4. The van der Waals surface area contributed by atoms with Crippen molar-refractivity contribution in [3.8, 4) is 23.0 Å². The number of carbonyl (C=O) groups is 2. The van der Waals surface area contributed by atoms with Crippen LogP contribution in [0.3, 0.4) is 0 Å². The van der Waals surface area contributed by atoms with Crippen molar-refractivity contribution in [1.82, 2.24) is 9.21 Å². The van der Waals surface area contributed by atoms with Crippen molar-refractivity contribution in [2.45, 2.75) is 4.90 Å². The number of piperazine rings is 1. The first-order valence-electron chi connectivity index (χ1n) is 11.1. The van der Waals surface area contributed by atoms with Crippen LogP contribution < -0.4 is 18.9 Å². The van der Waals surface area contributed by atoms with Crippen molar-refractivity contribution >= 4 is 22.0 Å². The lowest BCUT2D eigenvalue weighted by Crippen LogP contribution is -2.49. The zero-order chi connectivity index (χ0) is 26.1. The molecule has 1 saturated heterocycles. The van der Waals surface area contributed by atoms with Gasteiger partial charge in [0.2, 0.25) is 10.0 Å². The predicted molar refractivity (Wildman–Crippen MR) is 126 cm³/mol. The average molecular weight is 525 g/mol. The Hall–Kier alpha value is -3.55. The van der Waals surface area contributed by atoms with Crippen LogP contribution in [-0.2, 0) is 19.6 Å². The molecule has 12 nitrogen and oxygen atoms in total. The quantitative estimate of drug-likeness (QED) is 0.499. The second-order valence-electron chi connectivity index (χ2n) is 7.69. The first-order chi connectivity index (χ1) is 17.2. The monoisotopic (exact) mass is 524 g/mol. The normalized spacial score (nSPS) is 15.8. The molecular weight excluding hydrogens is 496 g/mol. The molecule has 0 amide bonds. The van der Waals surface area contributed by atoms with Gasteiger partial charge in [-0.3, -0.25) is 4.90 Å². The Morgan fingerprint density at radius 1 is 0.889 bits per heavy atom. The molecule has 196 valence electrons. The fourth-order valence-electron chi connectivity index (χ4n) is 3.49. The van der Waals surface area contributed by atoms with E-state index in [4.69, 9.17) is 38.7 Å². The summed E-state index contributed by atoms with van der Waals surface area (Å²) in [6.45, 7) is 4.40. The lowest BCUT2D eigenvalue weighted by atomic mass is 10.3. The number of aliphatic carboxylic acids is 2. The highest BCUT2D eigenvalue weighted by Crippen LogP contribution is 2.33. The van der Waals surface area contributed by atoms with Gasteiger partial charge < -0.3 is 29.2 Å². The van der Waals surface area contributed by atoms with Crippen LogP contribution in [0.1, 0.15) is 0 Å². The fourth-order valence-corrected chi connectivity index (χ4v) is 4.93. The second-order valence-corrected chi connectivity index (χ2v) is 9.62. The highest BCUT2D eigenvalue weighted by atomic mass is 32.2. The van der Waals surface area contributed by atoms with Gasteiger partial charge in [-0.05, 0) is 36.4 Å². The third-order valence-electron chi connectivity index (χ3n) is 5.40. The highest BCUT2D eigenvalue weighted by molar-refractivity contribution is 7.89. The molecule has 0 spiro atoms. The van der Waals surface area contributed by atoms with Gasteiger partial charge in [0.25, 0.3) is 0 Å². The number of hydrogen-bond donors (Lipinski definition) is 2. The molecule has 1 fully saturated rings. The Morgan fingerprint density at radius 2 is 1.47 bits per heavy atom. The van der Waals surface area contributed by atoms with Gasteiger partial charge in [-0.25, -0.2) is 18.0 Å². The van der Waals surface area contributed by atoms with E-state index in [-0.39, 0.29) is 4.90 Å². The van der Waals surface area contributed by atoms with Crippen LogP contribution in [0.2, 0.25) is 0 Å². The van der Waals surface area contributed by atoms with E-state index in [2.05, 4.69) is 4.90 Å². The largest absolute Gasteiger partial charge is 0.497 e. The predicted octanol–water partition coefficient (Wildman–Crippen LogP) is 1.01. The third-order valence-corrected chi connectivity index (χ3v) is 7.30. The number of rotatable bonds is 7. The molecule has 0 saturated carbocycles. The van der Waals surface area contributed by atoms with E-state index in [0.29, 0.717) is 57.5 Å². The van der Waals surface area contributed by atoms with Gasteiger partial charge >= 0.3 is 11.9 Å². The Balaban J connectivity index is 0.000000538. The van der Waals surface area contributed by atoms with Crippen LogP contribution >= 0.6 is 0 Å². The summed E-state index contributed by atoms with van der Waals surface area (Å²) in [6.07, 6.45) is 0. The minimum atomic E-state index is -3.56. The minimum absolute atomic E-state index is 0.239. The summed E-state index contributed by atoms with van der Waals surface area (Å²) < 4.78 is 49.4. The van der Waals surface area contributed by atoms with Crippen molar-refractivity contribution in [2.24, 2.45) is 0 Å². The van der Waals surface area contributed by atoms with Crippen molar-refractivity contribution in [1.29, 1.82) is 0 Å². The molecular formula is C23H28N2O10S. The number of hydrogen-bond acceptors (Lipinski definition) is 9. The van der Waals surface area contributed by atoms with Crippen LogP contribution in [0.4, 0.5) is 0 Å². The summed E-state index contributed by atoms with van der Waals surface area (Å²) in [5.41, 5.74) is 0. The Bertz CT molecular complexity index is 1130. The number of sulfonamides is 1. The number of methoxy groups -OCH3 is 1. The molecule has 2 aromatic rings. The molecule has 0 atom stereocenters. The van der Waals surface area contributed by atoms with Crippen LogP contribution in [-0.4, -0.2) is 99.4 Å². The minimum Gasteiger partial charge on any atom is -0.497 e. The maximum Gasteiger partial charge on any atom is 0.414 e. The van der Waals surface area contributed by atoms with E-state index in [1.54, 1.807) is 25.3 Å². The summed E-state index contributed by atoms with van der Waals surface area (Å²) in [6, 6.07) is 12.3. The summed E-state index contributed by atoms with van der Waals surface area (Å²) >= 11 is 0. The van der Waals surface area contributed by atoms with Gasteiger partial charge in [0, 0.05) is 38.8 Å². The fraction of sp³-hybridized carbons (Fsp3) is 0.391. The molecule has 4 rings (SSSR count). The van der Waals surface area contributed by atoms with Crippen LogP contribution in [0.25, 0.3) is 0 Å². The van der Waals surface area contributed by atoms with Crippen molar-refractivity contribution in [3.63, 3.8) is 0 Å². The molecule has 2 aliphatic rings. The van der Waals surface area contributed by atoms with Gasteiger partial charge in [-0.15, -0.1) is 0 Å². The van der Waals surface area contributed by atoms with Crippen molar-refractivity contribution in [2.75, 3.05) is 59.7 Å². The molecule has 0 unspecified atom stereocenters. The number of carboxylic acids is 2. The van der Waals surface area contributed by atoms with E-state index in [0.717, 1.165) is 18.0 Å². The topological polar surface area (TPSA) is 152 Å². The van der Waals surface area contributed by atoms with E-state index < -0.39 is 22.0 Å². The first kappa shape index (κ1) is 27.0. The summed E-state index contributed by atoms with van der Waals surface area (Å²) in [5.74, 6) is -1.00. The molecule has 0 radical (unpaired) electrons. The number of benzene rings is 2. The summed E-state index contributed by atoms with van der Waals surface area (Å²) in [7, 11) is -1.93. The van der Waals surface area contributed by atoms with E-state index in [1.807, 2.05) is 24.3 Å². The molecule has 2 heterocycles. The molecule has 2 aromatic carbocycles. The average Bonchev–Trinajstić information content (AvgIpc) is 2.89. The van der Waals surface area contributed by atoms with Gasteiger partial charge in [0.05, 0.1) is 12.0 Å².